The summed E-state index contributed by atoms with van der Waals surface area (Å²) in [5.41, 5.74) is 1.70. The van der Waals surface area contributed by atoms with Crippen molar-refractivity contribution in [3.05, 3.63) is 41.5 Å². The lowest BCUT2D eigenvalue weighted by atomic mass is 9.80. The Labute approximate surface area is 160 Å². The van der Waals surface area contributed by atoms with Crippen LogP contribution in [0.5, 0.6) is 0 Å². The van der Waals surface area contributed by atoms with Gasteiger partial charge in [-0.1, -0.05) is 42.1 Å². The molecule has 1 aromatic carbocycles. The van der Waals surface area contributed by atoms with Crippen molar-refractivity contribution >= 4 is 11.6 Å². The van der Waals surface area contributed by atoms with E-state index in [1.54, 1.807) is 0 Å². The van der Waals surface area contributed by atoms with Gasteiger partial charge in [0.1, 0.15) is 11.6 Å². The Morgan fingerprint density at radius 1 is 1.15 bits per heavy atom. The average molecular weight is 368 g/mol. The molecule has 0 bridgehead atoms. The zero-order valence-electron chi connectivity index (χ0n) is 16.2. The molecule has 6 heteroatoms. The Morgan fingerprint density at radius 3 is 2.56 bits per heavy atom. The van der Waals surface area contributed by atoms with Crippen LogP contribution in [0.4, 0.5) is 5.69 Å². The average Bonchev–Trinajstić information content (AvgIpc) is 3.32. The highest BCUT2D eigenvalue weighted by atomic mass is 16.5. The summed E-state index contributed by atoms with van der Waals surface area (Å²) < 4.78 is 5.40. The predicted molar refractivity (Wildman–Crippen MR) is 103 cm³/mol. The normalized spacial score (nSPS) is 22.0. The molecule has 1 amide bonds. The van der Waals surface area contributed by atoms with Gasteiger partial charge in [-0.25, -0.2) is 0 Å². The number of hydrogen-bond donors (Lipinski definition) is 1. The van der Waals surface area contributed by atoms with Gasteiger partial charge in [0.25, 0.3) is 0 Å². The second-order valence-corrected chi connectivity index (χ2v) is 7.97. The number of anilines is 1. The second-order valence-electron chi connectivity index (χ2n) is 7.97. The summed E-state index contributed by atoms with van der Waals surface area (Å²) in [5.74, 6) is 1.37. The SMILES string of the molecule is Cc1ccc(NC2(C(=O)N3CCCC3c3nc(C)no3)CCCCC2)cc1. The first kappa shape index (κ1) is 18.0. The van der Waals surface area contributed by atoms with Gasteiger partial charge in [0.05, 0.1) is 0 Å². The molecule has 0 spiro atoms. The molecule has 1 saturated heterocycles. The van der Waals surface area contributed by atoms with Gasteiger partial charge in [0.2, 0.25) is 11.8 Å². The zero-order valence-corrected chi connectivity index (χ0v) is 16.2. The van der Waals surface area contributed by atoms with Crippen LogP contribution in [0.1, 0.15) is 68.3 Å². The predicted octanol–water partition coefficient (Wildman–Crippen LogP) is 4.16. The minimum atomic E-state index is -0.537. The first-order valence-electron chi connectivity index (χ1n) is 10.0. The van der Waals surface area contributed by atoms with E-state index in [1.807, 2.05) is 11.8 Å². The molecule has 2 fully saturated rings. The lowest BCUT2D eigenvalue weighted by molar-refractivity contribution is -0.138. The van der Waals surface area contributed by atoms with Crippen LogP contribution in [0.2, 0.25) is 0 Å². The van der Waals surface area contributed by atoms with Gasteiger partial charge in [-0.05, 0) is 51.7 Å². The fourth-order valence-corrected chi connectivity index (χ4v) is 4.45. The number of aromatic nitrogens is 2. The number of aryl methyl sites for hydroxylation is 2. The standard InChI is InChI=1S/C21H28N4O2/c1-15-8-10-17(11-9-15)23-21(12-4-3-5-13-21)20(26)25-14-6-7-18(25)19-22-16(2)24-27-19/h8-11,18,23H,3-7,12-14H2,1-2H3. The van der Waals surface area contributed by atoms with Crippen LogP contribution in [0.25, 0.3) is 0 Å². The highest BCUT2D eigenvalue weighted by molar-refractivity contribution is 5.90. The van der Waals surface area contributed by atoms with E-state index in [2.05, 4.69) is 46.6 Å². The van der Waals surface area contributed by atoms with Gasteiger partial charge in [0.15, 0.2) is 5.82 Å². The number of nitrogens with zero attached hydrogens (tertiary/aromatic N) is 3. The van der Waals surface area contributed by atoms with Crippen molar-refractivity contribution < 1.29 is 9.32 Å². The Morgan fingerprint density at radius 2 is 1.89 bits per heavy atom. The van der Waals surface area contributed by atoms with Gasteiger partial charge in [-0.3, -0.25) is 4.79 Å². The van der Waals surface area contributed by atoms with Crippen LogP contribution < -0.4 is 5.32 Å². The molecule has 1 aliphatic carbocycles. The van der Waals surface area contributed by atoms with E-state index in [4.69, 9.17) is 4.52 Å². The summed E-state index contributed by atoms with van der Waals surface area (Å²) in [6, 6.07) is 8.22. The Hall–Kier alpha value is -2.37. The molecular weight excluding hydrogens is 340 g/mol. The molecule has 4 rings (SSSR count). The third-order valence-corrected chi connectivity index (χ3v) is 5.89. The minimum absolute atomic E-state index is 0.0997. The second kappa shape index (κ2) is 7.33. The lowest BCUT2D eigenvalue weighted by Gasteiger charge is -2.41. The van der Waals surface area contributed by atoms with E-state index in [0.29, 0.717) is 11.7 Å². The maximum absolute atomic E-state index is 13.8. The van der Waals surface area contributed by atoms with Crippen molar-refractivity contribution in [2.75, 3.05) is 11.9 Å². The maximum atomic E-state index is 13.8. The molecule has 2 aliphatic rings. The number of amides is 1. The topological polar surface area (TPSA) is 71.3 Å². The molecule has 1 aromatic heterocycles. The molecule has 1 unspecified atom stereocenters. The third-order valence-electron chi connectivity index (χ3n) is 5.89. The Balaban J connectivity index is 1.61. The molecule has 27 heavy (non-hydrogen) atoms. The molecule has 1 saturated carbocycles. The maximum Gasteiger partial charge on any atom is 0.249 e. The van der Waals surface area contributed by atoms with Gasteiger partial charge < -0.3 is 14.7 Å². The summed E-state index contributed by atoms with van der Waals surface area (Å²) in [6.45, 7) is 4.64. The highest BCUT2D eigenvalue weighted by Gasteiger charge is 2.46. The molecule has 1 aliphatic heterocycles. The molecule has 0 radical (unpaired) electrons. The van der Waals surface area contributed by atoms with Crippen LogP contribution in [-0.2, 0) is 4.79 Å². The number of nitrogens with one attached hydrogen (secondary N) is 1. The number of likely N-dealkylation sites (tertiary alicyclic amines) is 1. The van der Waals surface area contributed by atoms with Crippen LogP contribution in [0.15, 0.2) is 28.8 Å². The quantitative estimate of drug-likeness (QED) is 0.877. The summed E-state index contributed by atoms with van der Waals surface area (Å²) >= 11 is 0. The van der Waals surface area contributed by atoms with Gasteiger partial charge in [0, 0.05) is 12.2 Å². The Bertz CT molecular complexity index is 793. The Kier molecular flexibility index (Phi) is 4.89. The van der Waals surface area contributed by atoms with Crippen LogP contribution in [0.3, 0.4) is 0 Å². The van der Waals surface area contributed by atoms with Crippen molar-refractivity contribution in [1.29, 1.82) is 0 Å². The van der Waals surface area contributed by atoms with E-state index in [0.717, 1.165) is 50.8 Å². The van der Waals surface area contributed by atoms with Gasteiger partial charge in [-0.2, -0.15) is 4.98 Å². The number of carbonyl (C=O) groups excluding carboxylic acids is 1. The lowest BCUT2D eigenvalue weighted by Crippen LogP contribution is -2.55. The van der Waals surface area contributed by atoms with E-state index < -0.39 is 5.54 Å². The van der Waals surface area contributed by atoms with E-state index in [9.17, 15) is 4.79 Å². The van der Waals surface area contributed by atoms with Crippen molar-refractivity contribution in [1.82, 2.24) is 15.0 Å². The monoisotopic (exact) mass is 368 g/mol. The number of benzene rings is 1. The minimum Gasteiger partial charge on any atom is -0.371 e. The van der Waals surface area contributed by atoms with Gasteiger partial charge >= 0.3 is 0 Å². The number of carbonyl (C=O) groups is 1. The highest BCUT2D eigenvalue weighted by Crippen LogP contribution is 2.39. The molecule has 2 heterocycles. The van der Waals surface area contributed by atoms with Crippen LogP contribution in [0, 0.1) is 13.8 Å². The number of hydrogen-bond acceptors (Lipinski definition) is 5. The third kappa shape index (κ3) is 3.57. The fourth-order valence-electron chi connectivity index (χ4n) is 4.45. The summed E-state index contributed by atoms with van der Waals surface area (Å²) in [5, 5.41) is 7.54. The molecule has 1 atom stereocenters. The smallest absolute Gasteiger partial charge is 0.249 e. The summed E-state index contributed by atoms with van der Waals surface area (Å²) in [6.07, 6.45) is 6.92. The first-order chi connectivity index (χ1) is 13.1. The van der Waals surface area contributed by atoms with Crippen molar-refractivity contribution in [2.24, 2.45) is 0 Å². The molecule has 144 valence electrons. The fraction of sp³-hybridized carbons (Fsp3) is 0.571. The van der Waals surface area contributed by atoms with E-state index in [-0.39, 0.29) is 11.9 Å². The van der Waals surface area contributed by atoms with Crippen LogP contribution >= 0.6 is 0 Å². The number of rotatable bonds is 4. The van der Waals surface area contributed by atoms with Crippen molar-refractivity contribution in [3.8, 4) is 0 Å². The van der Waals surface area contributed by atoms with E-state index >= 15 is 0 Å². The van der Waals surface area contributed by atoms with Crippen molar-refractivity contribution in [3.63, 3.8) is 0 Å². The largest absolute Gasteiger partial charge is 0.371 e. The molecule has 2 aromatic rings. The van der Waals surface area contributed by atoms with Crippen LogP contribution in [-0.4, -0.2) is 33.0 Å². The summed E-state index contributed by atoms with van der Waals surface area (Å²) in [7, 11) is 0. The molecule has 6 nitrogen and oxygen atoms in total. The van der Waals surface area contributed by atoms with Crippen molar-refractivity contribution in [2.45, 2.75) is 70.4 Å². The first-order valence-corrected chi connectivity index (χ1v) is 10.0. The molecule has 1 N–H and O–H groups in total. The van der Waals surface area contributed by atoms with Gasteiger partial charge in [-0.15, -0.1) is 0 Å². The zero-order chi connectivity index (χ0) is 18.9. The molecular formula is C21H28N4O2. The van der Waals surface area contributed by atoms with E-state index in [1.165, 1.54) is 12.0 Å². The summed E-state index contributed by atoms with van der Waals surface area (Å²) in [4.78, 5) is 20.1.